The largest absolute Gasteiger partial charge is 0.507 e. The maximum Gasteiger partial charge on any atom is 0.126 e. The molecule has 0 aromatic heterocycles. The van der Waals surface area contributed by atoms with Gasteiger partial charge in [0, 0.05) is 39.4 Å². The fraction of sp³-hybridized carbons (Fsp3) is 0.258. The van der Waals surface area contributed by atoms with Crippen molar-refractivity contribution in [2.45, 2.75) is 169 Å². The van der Waals surface area contributed by atoms with Gasteiger partial charge >= 0.3 is 0 Å². The topological polar surface area (TPSA) is 121 Å². The molecule has 12 aromatic rings. The van der Waals surface area contributed by atoms with Crippen molar-refractivity contribution in [3.8, 4) is 45.6 Å². The number of phenolic OH excluding ortho intramolecular Hbond substituents is 6. The predicted molar refractivity (Wildman–Crippen MR) is 439 cm³/mol. The summed E-state index contributed by atoms with van der Waals surface area (Å²) < 4.78 is 0. The third kappa shape index (κ3) is 22.2. The molecular weight excluding hydrogens is 1260 g/mol. The van der Waals surface area contributed by atoms with Gasteiger partial charge in [-0.15, -0.1) is 0 Å². The number of phenols is 6. The van der Waals surface area contributed by atoms with Crippen molar-refractivity contribution in [1.29, 1.82) is 0 Å². The summed E-state index contributed by atoms with van der Waals surface area (Å²) >= 11 is 0. The monoisotopic (exact) mass is 1370 g/mol. The zero-order valence-corrected chi connectivity index (χ0v) is 62.8. The molecule has 12 rings (SSSR count). The summed E-state index contributed by atoms with van der Waals surface area (Å²) in [5, 5.41) is 59.8. The summed E-state index contributed by atoms with van der Waals surface area (Å²) in [5.74, 6) is 2.90. The Morgan fingerprint density at radius 1 is 0.272 bits per heavy atom. The fourth-order valence-electron chi connectivity index (χ4n) is 13.1. The Kier molecular flexibility index (Phi) is 30.6. The maximum absolute atomic E-state index is 10.9. The highest BCUT2D eigenvalue weighted by atomic mass is 16.3. The Balaban J connectivity index is 0.000000231. The van der Waals surface area contributed by atoms with Gasteiger partial charge in [0.2, 0.25) is 0 Å². The van der Waals surface area contributed by atoms with E-state index in [1.165, 1.54) is 61.2 Å². The molecule has 103 heavy (non-hydrogen) atoms. The van der Waals surface area contributed by atoms with Gasteiger partial charge in [-0.3, -0.25) is 0 Å². The van der Waals surface area contributed by atoms with Crippen molar-refractivity contribution in [2.24, 2.45) is 0 Å². The molecule has 0 radical (unpaired) electrons. The van der Waals surface area contributed by atoms with E-state index in [2.05, 4.69) is 187 Å². The van der Waals surface area contributed by atoms with Crippen LogP contribution in [0.1, 0.15) is 191 Å². The second-order valence-corrected chi connectivity index (χ2v) is 28.3. The molecule has 0 heterocycles. The minimum atomic E-state index is -0.279. The molecule has 0 aliphatic heterocycles. The molecule has 6 heteroatoms. The van der Waals surface area contributed by atoms with Gasteiger partial charge < -0.3 is 30.6 Å². The molecule has 0 aliphatic carbocycles. The molecule has 2 unspecified atom stereocenters. The minimum absolute atomic E-state index is 0. The third-order valence-electron chi connectivity index (χ3n) is 19.2. The van der Waals surface area contributed by atoms with Crippen LogP contribution >= 0.6 is 0 Å². The first-order chi connectivity index (χ1) is 47.9. The average molecular weight is 1380 g/mol. The zero-order valence-electron chi connectivity index (χ0n) is 62.8. The smallest absolute Gasteiger partial charge is 0.126 e. The van der Waals surface area contributed by atoms with Crippen LogP contribution in [0.3, 0.4) is 0 Å². The van der Waals surface area contributed by atoms with Crippen molar-refractivity contribution in [3.05, 3.63) is 377 Å². The number of benzene rings is 12. The van der Waals surface area contributed by atoms with Crippen molar-refractivity contribution < 1.29 is 30.6 Å². The molecule has 0 spiro atoms. The van der Waals surface area contributed by atoms with Gasteiger partial charge in [0.05, 0.1) is 0 Å². The van der Waals surface area contributed by atoms with Crippen LogP contribution in [0.15, 0.2) is 255 Å². The molecule has 0 fully saturated rings. The van der Waals surface area contributed by atoms with Crippen LogP contribution in [0, 0.1) is 83.1 Å². The Morgan fingerprint density at radius 2 is 0.602 bits per heavy atom. The van der Waals surface area contributed by atoms with Crippen molar-refractivity contribution in [2.75, 3.05) is 0 Å². The average Bonchev–Trinajstić information content (AvgIpc) is 0.762. The second-order valence-electron chi connectivity index (χ2n) is 28.3. The molecule has 2 atom stereocenters. The van der Waals surface area contributed by atoms with E-state index in [4.69, 9.17) is 0 Å². The molecule has 12 aromatic carbocycles. The van der Waals surface area contributed by atoms with Crippen LogP contribution in [0.25, 0.3) is 11.1 Å². The standard InChI is InChI=1S/C25H28O.C23H24O.C20H18O.3C9H12O.2CH4/c1-18-16-21(24(2,3)19-12-8-6-9-13-19)17-22(23(18)26)25(4,5)20-14-10-7-11-15-20;1-16-14-21(17(2)19-10-6-4-7-11-19)15-22(23(16)24)18(3)20-12-8-5-9-13-20;1-15-12-17(13-16-8-4-2-5-9-16)14-19(20(15)21)18-10-6-3-7-11-18;3*1-6-4-7(2)9(10)8(3)5-6;;/h6-17,26H,1-5H3;4-15,17-18,24H,1-3H3;2-12,14,21H,13H2,1H3;3*4-5,10H,1-3H3;2*1H4. The zero-order chi connectivity index (χ0) is 73.9. The number of aryl methyl sites for hydroxylation is 12. The van der Waals surface area contributed by atoms with E-state index < -0.39 is 0 Å². The summed E-state index contributed by atoms with van der Waals surface area (Å²) in [4.78, 5) is 0. The number of aromatic hydroxyl groups is 6. The lowest BCUT2D eigenvalue weighted by atomic mass is 9.72. The van der Waals surface area contributed by atoms with Crippen molar-refractivity contribution in [3.63, 3.8) is 0 Å². The molecule has 0 amide bonds. The van der Waals surface area contributed by atoms with E-state index in [0.717, 1.165) is 78.7 Å². The van der Waals surface area contributed by atoms with E-state index in [9.17, 15) is 30.6 Å². The first-order valence-corrected chi connectivity index (χ1v) is 35.0. The quantitative estimate of drug-likeness (QED) is 0.0767. The third-order valence-corrected chi connectivity index (χ3v) is 19.2. The summed E-state index contributed by atoms with van der Waals surface area (Å²) in [5.41, 5.74) is 25.6. The number of hydrogen-bond acceptors (Lipinski definition) is 6. The molecule has 0 saturated heterocycles. The second kappa shape index (κ2) is 37.9. The summed E-state index contributed by atoms with van der Waals surface area (Å²) in [6.07, 6.45) is 0.877. The predicted octanol–water partition coefficient (Wildman–Crippen LogP) is 25.5. The lowest BCUT2D eigenvalue weighted by Gasteiger charge is -2.32. The van der Waals surface area contributed by atoms with Gasteiger partial charge in [-0.2, -0.15) is 0 Å². The highest BCUT2D eigenvalue weighted by Gasteiger charge is 2.31. The van der Waals surface area contributed by atoms with Gasteiger partial charge in [-0.05, 0) is 196 Å². The Morgan fingerprint density at radius 3 is 1.01 bits per heavy atom. The lowest BCUT2D eigenvalue weighted by molar-refractivity contribution is 0.447. The fourth-order valence-corrected chi connectivity index (χ4v) is 13.1. The van der Waals surface area contributed by atoms with Gasteiger partial charge in [-0.1, -0.05) is 322 Å². The van der Waals surface area contributed by atoms with Gasteiger partial charge in [0.1, 0.15) is 34.5 Å². The summed E-state index contributed by atoms with van der Waals surface area (Å²) in [6.45, 7) is 36.7. The normalized spacial score (nSPS) is 11.2. The SMILES string of the molecule is C.C.Cc1cc(C(C)(C)c2ccccc2)cc(C(C)(C)c2ccccc2)c1O.Cc1cc(C(C)c2ccccc2)cc(C(C)c2ccccc2)c1O.Cc1cc(C)c(O)c(C)c1.Cc1cc(C)c(O)c(C)c1.Cc1cc(C)c(O)c(C)c1.Cc1cc(Cc2ccccc2)cc(-c2ccccc2)c1O. The van der Waals surface area contributed by atoms with Gasteiger partial charge in [0.15, 0.2) is 0 Å². The molecular formula is C97H114O6. The van der Waals surface area contributed by atoms with Crippen LogP contribution < -0.4 is 0 Å². The molecule has 538 valence electrons. The summed E-state index contributed by atoms with van der Waals surface area (Å²) in [6, 6.07) is 86.8. The van der Waals surface area contributed by atoms with E-state index in [-0.39, 0.29) is 31.6 Å². The van der Waals surface area contributed by atoms with Gasteiger partial charge in [0.25, 0.3) is 0 Å². The maximum atomic E-state index is 10.9. The molecule has 0 bridgehead atoms. The van der Waals surface area contributed by atoms with Crippen LogP contribution in [0.2, 0.25) is 0 Å². The van der Waals surface area contributed by atoms with Crippen LogP contribution in [-0.4, -0.2) is 30.6 Å². The first kappa shape index (κ1) is 83.1. The molecule has 6 nitrogen and oxygen atoms in total. The van der Waals surface area contributed by atoms with E-state index >= 15 is 0 Å². The first-order valence-electron chi connectivity index (χ1n) is 35.0. The van der Waals surface area contributed by atoms with Crippen molar-refractivity contribution >= 4 is 0 Å². The van der Waals surface area contributed by atoms with E-state index in [1.54, 1.807) is 0 Å². The van der Waals surface area contributed by atoms with Crippen LogP contribution in [0.4, 0.5) is 0 Å². The molecule has 0 aliphatic rings. The van der Waals surface area contributed by atoms with Crippen LogP contribution in [-0.2, 0) is 17.3 Å². The highest BCUT2D eigenvalue weighted by molar-refractivity contribution is 5.73. The lowest BCUT2D eigenvalue weighted by Crippen LogP contribution is -2.23. The summed E-state index contributed by atoms with van der Waals surface area (Å²) in [7, 11) is 0. The van der Waals surface area contributed by atoms with Crippen molar-refractivity contribution in [1.82, 2.24) is 0 Å². The number of hydrogen-bond donors (Lipinski definition) is 6. The molecule has 0 saturated carbocycles. The number of rotatable bonds is 11. The van der Waals surface area contributed by atoms with Gasteiger partial charge in [-0.25, -0.2) is 0 Å². The van der Waals surface area contributed by atoms with Crippen LogP contribution in [0.5, 0.6) is 34.5 Å². The Bertz CT molecular complexity index is 4430. The Labute approximate surface area is 618 Å². The molecule has 6 N–H and O–H groups in total. The minimum Gasteiger partial charge on any atom is -0.507 e. The van der Waals surface area contributed by atoms with E-state index in [0.29, 0.717) is 40.4 Å². The highest BCUT2D eigenvalue weighted by Crippen LogP contribution is 2.44. The van der Waals surface area contributed by atoms with E-state index in [1.807, 2.05) is 192 Å². The Hall–Kier alpha value is -10.6.